The minimum Gasteiger partial charge on any atom is -0.378 e. The summed E-state index contributed by atoms with van der Waals surface area (Å²) in [6.07, 6.45) is 6.52. The van der Waals surface area contributed by atoms with Gasteiger partial charge >= 0.3 is 0 Å². The van der Waals surface area contributed by atoms with E-state index in [1.165, 1.54) is 6.92 Å². The number of carbonyl (C=O) groups excluding carboxylic acids is 2. The molecule has 6 nitrogen and oxygen atoms in total. The lowest BCUT2D eigenvalue weighted by Crippen LogP contribution is -2.56. The molecule has 1 N–H and O–H groups in total. The second-order valence-corrected chi connectivity index (χ2v) is 9.69. The quantitative estimate of drug-likeness (QED) is 0.769. The third-order valence-corrected chi connectivity index (χ3v) is 6.79. The zero-order chi connectivity index (χ0) is 19.7. The normalized spacial score (nSPS) is 32.0. The van der Waals surface area contributed by atoms with Crippen molar-refractivity contribution < 1.29 is 19.1 Å². The fourth-order valence-electron chi connectivity index (χ4n) is 4.53. The lowest BCUT2D eigenvalue weighted by Gasteiger charge is -2.46. The van der Waals surface area contributed by atoms with E-state index in [1.54, 1.807) is 0 Å². The SMILES string of the molecule is CC(=O)NC(C(=O)N1CCC(C)(C)CC1)C(C)OCC12CCC(CC1)OC2. The first kappa shape index (κ1) is 20.6. The molecule has 0 radical (unpaired) electrons. The molecule has 3 heterocycles. The van der Waals surface area contributed by atoms with Gasteiger partial charge in [0.05, 0.1) is 25.4 Å². The Morgan fingerprint density at radius 1 is 1.19 bits per heavy atom. The average Bonchev–Trinajstić information content (AvgIpc) is 2.65. The summed E-state index contributed by atoms with van der Waals surface area (Å²) in [6.45, 7) is 10.7. The molecule has 2 amide bonds. The molecule has 0 aromatic heterocycles. The number of rotatable bonds is 6. The summed E-state index contributed by atoms with van der Waals surface area (Å²) in [6, 6.07) is -0.624. The summed E-state index contributed by atoms with van der Waals surface area (Å²) in [4.78, 5) is 26.7. The highest BCUT2D eigenvalue weighted by molar-refractivity contribution is 5.87. The Morgan fingerprint density at radius 2 is 1.81 bits per heavy atom. The van der Waals surface area contributed by atoms with E-state index in [0.29, 0.717) is 12.7 Å². The van der Waals surface area contributed by atoms with Crippen molar-refractivity contribution in [3.8, 4) is 0 Å². The van der Waals surface area contributed by atoms with E-state index in [4.69, 9.17) is 9.47 Å². The predicted molar refractivity (Wildman–Crippen MR) is 103 cm³/mol. The van der Waals surface area contributed by atoms with Crippen LogP contribution in [0.3, 0.4) is 0 Å². The summed E-state index contributed by atoms with van der Waals surface area (Å²) < 4.78 is 12.0. The minimum atomic E-state index is -0.624. The molecule has 4 aliphatic rings. The molecule has 154 valence electrons. The largest absolute Gasteiger partial charge is 0.378 e. The van der Waals surface area contributed by atoms with Crippen LogP contribution in [-0.2, 0) is 19.1 Å². The van der Waals surface area contributed by atoms with Crippen molar-refractivity contribution in [1.29, 1.82) is 0 Å². The van der Waals surface area contributed by atoms with Crippen LogP contribution >= 0.6 is 0 Å². The van der Waals surface area contributed by atoms with Crippen LogP contribution in [0.4, 0.5) is 0 Å². The van der Waals surface area contributed by atoms with Crippen LogP contribution in [0.15, 0.2) is 0 Å². The van der Waals surface area contributed by atoms with Crippen molar-refractivity contribution in [3.05, 3.63) is 0 Å². The number of nitrogens with zero attached hydrogens (tertiary/aromatic N) is 1. The van der Waals surface area contributed by atoms with Gasteiger partial charge in [-0.05, 0) is 50.9 Å². The fourth-order valence-corrected chi connectivity index (χ4v) is 4.53. The first-order valence-electron chi connectivity index (χ1n) is 10.5. The maximum absolute atomic E-state index is 13.1. The van der Waals surface area contributed by atoms with Crippen molar-refractivity contribution in [2.24, 2.45) is 10.8 Å². The van der Waals surface area contributed by atoms with Gasteiger partial charge in [-0.15, -0.1) is 0 Å². The number of amides is 2. The van der Waals surface area contributed by atoms with Gasteiger partial charge in [0, 0.05) is 25.4 Å². The summed E-state index contributed by atoms with van der Waals surface area (Å²) in [5.41, 5.74) is 0.364. The maximum Gasteiger partial charge on any atom is 0.247 e. The number of hydrogen-bond acceptors (Lipinski definition) is 4. The van der Waals surface area contributed by atoms with E-state index in [9.17, 15) is 9.59 Å². The number of ether oxygens (including phenoxy) is 2. The van der Waals surface area contributed by atoms with Crippen LogP contribution < -0.4 is 5.32 Å². The third-order valence-electron chi connectivity index (χ3n) is 6.79. The standard InChI is InChI=1S/C21H36N2O4/c1-15(26-13-21-7-5-17(6-8-21)27-14-21)18(22-16(2)24)19(25)23-11-9-20(3,4)10-12-23/h15,17-18H,5-14H2,1-4H3,(H,22,24). The topological polar surface area (TPSA) is 67.9 Å². The van der Waals surface area contributed by atoms with Crippen LogP contribution in [0, 0.1) is 10.8 Å². The van der Waals surface area contributed by atoms with Crippen molar-refractivity contribution in [3.63, 3.8) is 0 Å². The molecule has 3 aliphatic heterocycles. The zero-order valence-corrected chi connectivity index (χ0v) is 17.4. The van der Waals surface area contributed by atoms with E-state index in [2.05, 4.69) is 19.2 Å². The Balaban J connectivity index is 1.59. The van der Waals surface area contributed by atoms with Crippen LogP contribution in [0.1, 0.15) is 66.2 Å². The molecule has 3 saturated heterocycles. The number of nitrogens with one attached hydrogen (secondary N) is 1. The summed E-state index contributed by atoms with van der Waals surface area (Å²) >= 11 is 0. The molecule has 6 heteroatoms. The Labute approximate surface area is 163 Å². The molecule has 4 rings (SSSR count). The van der Waals surface area contributed by atoms with Crippen LogP contribution in [-0.4, -0.2) is 61.3 Å². The smallest absolute Gasteiger partial charge is 0.247 e. The number of fused-ring (bicyclic) bond motifs is 3. The Bertz CT molecular complexity index is 531. The number of likely N-dealkylation sites (tertiary alicyclic amines) is 1. The fraction of sp³-hybridized carbons (Fsp3) is 0.905. The molecule has 0 spiro atoms. The lowest BCUT2D eigenvalue weighted by atomic mass is 9.72. The van der Waals surface area contributed by atoms with Gasteiger partial charge in [0.2, 0.25) is 11.8 Å². The second-order valence-electron chi connectivity index (χ2n) is 9.69. The molecule has 2 unspecified atom stereocenters. The van der Waals surface area contributed by atoms with Gasteiger partial charge in [-0.3, -0.25) is 9.59 Å². The van der Waals surface area contributed by atoms with Crippen LogP contribution in [0.5, 0.6) is 0 Å². The van der Waals surface area contributed by atoms with E-state index in [-0.39, 0.29) is 28.7 Å². The van der Waals surface area contributed by atoms with Gasteiger partial charge in [-0.1, -0.05) is 13.8 Å². The van der Waals surface area contributed by atoms with Crippen LogP contribution in [0.2, 0.25) is 0 Å². The molecule has 1 saturated carbocycles. The number of hydrogen-bond donors (Lipinski definition) is 1. The van der Waals surface area contributed by atoms with E-state index in [0.717, 1.165) is 58.2 Å². The Hall–Kier alpha value is -1.14. The lowest BCUT2D eigenvalue weighted by molar-refractivity contribution is -0.158. The van der Waals surface area contributed by atoms with Crippen molar-refractivity contribution in [1.82, 2.24) is 10.2 Å². The Kier molecular flexibility index (Phi) is 6.16. The summed E-state index contributed by atoms with van der Waals surface area (Å²) in [5, 5.41) is 2.84. The molecule has 2 bridgehead atoms. The van der Waals surface area contributed by atoms with Crippen molar-refractivity contribution >= 4 is 11.8 Å². The van der Waals surface area contributed by atoms with Gasteiger partial charge < -0.3 is 19.7 Å². The zero-order valence-electron chi connectivity index (χ0n) is 17.4. The molecule has 0 aromatic carbocycles. The van der Waals surface area contributed by atoms with E-state index in [1.807, 2.05) is 11.8 Å². The van der Waals surface area contributed by atoms with Crippen molar-refractivity contribution in [2.45, 2.75) is 84.5 Å². The van der Waals surface area contributed by atoms with Gasteiger partial charge in [-0.2, -0.15) is 0 Å². The highest BCUT2D eigenvalue weighted by atomic mass is 16.5. The number of piperidine rings is 1. The minimum absolute atomic E-state index is 0.0192. The van der Waals surface area contributed by atoms with E-state index >= 15 is 0 Å². The number of carbonyl (C=O) groups is 2. The van der Waals surface area contributed by atoms with Gasteiger partial charge in [0.25, 0.3) is 0 Å². The molecule has 27 heavy (non-hydrogen) atoms. The van der Waals surface area contributed by atoms with Gasteiger partial charge in [0.15, 0.2) is 0 Å². The molecular weight excluding hydrogens is 344 g/mol. The average molecular weight is 381 g/mol. The highest BCUT2D eigenvalue weighted by Crippen LogP contribution is 2.43. The highest BCUT2D eigenvalue weighted by Gasteiger charge is 2.43. The molecular formula is C21H36N2O4. The molecule has 4 fully saturated rings. The first-order chi connectivity index (χ1) is 12.7. The van der Waals surface area contributed by atoms with E-state index < -0.39 is 6.04 Å². The first-order valence-corrected chi connectivity index (χ1v) is 10.5. The molecule has 0 aromatic rings. The maximum atomic E-state index is 13.1. The monoisotopic (exact) mass is 380 g/mol. The summed E-state index contributed by atoms with van der Waals surface area (Å²) in [5.74, 6) is -0.213. The Morgan fingerprint density at radius 3 is 2.33 bits per heavy atom. The summed E-state index contributed by atoms with van der Waals surface area (Å²) in [7, 11) is 0. The van der Waals surface area contributed by atoms with Crippen molar-refractivity contribution in [2.75, 3.05) is 26.3 Å². The molecule has 1 aliphatic carbocycles. The van der Waals surface area contributed by atoms with Gasteiger partial charge in [-0.25, -0.2) is 0 Å². The third kappa shape index (κ3) is 5.02. The predicted octanol–water partition coefficient (Wildman–Crippen LogP) is 2.50. The second kappa shape index (κ2) is 8.08. The molecule has 2 atom stereocenters. The van der Waals surface area contributed by atoms with Gasteiger partial charge in [0.1, 0.15) is 6.04 Å². The van der Waals surface area contributed by atoms with Crippen LogP contribution in [0.25, 0.3) is 0 Å².